The van der Waals surface area contributed by atoms with E-state index >= 15 is 0 Å². The van der Waals surface area contributed by atoms with Crippen LogP contribution in [0.25, 0.3) is 0 Å². The number of nitrogens with zero attached hydrogens (tertiary/aromatic N) is 2. The summed E-state index contributed by atoms with van der Waals surface area (Å²) in [6.07, 6.45) is 8.84. The Hall–Kier alpha value is -0.610. The second-order valence-electron chi connectivity index (χ2n) is 5.35. The number of rotatable bonds is 6. The van der Waals surface area contributed by atoms with Gasteiger partial charge in [-0.25, -0.2) is 9.97 Å². The van der Waals surface area contributed by atoms with Gasteiger partial charge in [-0.3, -0.25) is 0 Å². The molecule has 0 amide bonds. The Morgan fingerprint density at radius 2 is 2.16 bits per heavy atom. The molecule has 1 saturated carbocycles. The predicted octanol–water partition coefficient (Wildman–Crippen LogP) is 3.44. The molecule has 2 rings (SSSR count). The summed E-state index contributed by atoms with van der Waals surface area (Å²) in [4.78, 5) is 8.82. The average Bonchev–Trinajstić information content (AvgIpc) is 2.44. The van der Waals surface area contributed by atoms with Crippen molar-refractivity contribution in [2.24, 2.45) is 5.92 Å². The standard InChI is InChI=1S/C15H25N3S/c1-3-16-14(13-7-5-4-6-8-13)11-19-15-17-10-9-12(2)18-15/h9-10,13-14,16H,3-8,11H2,1-2H3. The van der Waals surface area contributed by atoms with Gasteiger partial charge in [-0.2, -0.15) is 0 Å². The average molecular weight is 279 g/mol. The molecular formula is C15H25N3S. The number of thioether (sulfide) groups is 1. The van der Waals surface area contributed by atoms with Crippen molar-refractivity contribution < 1.29 is 0 Å². The quantitative estimate of drug-likeness (QED) is 0.639. The summed E-state index contributed by atoms with van der Waals surface area (Å²) in [6.45, 7) is 5.27. The van der Waals surface area contributed by atoms with Crippen LogP contribution in [0.4, 0.5) is 0 Å². The molecule has 0 spiro atoms. The lowest BCUT2D eigenvalue weighted by Gasteiger charge is -2.30. The van der Waals surface area contributed by atoms with Gasteiger partial charge in [-0.1, -0.05) is 37.9 Å². The fourth-order valence-corrected chi connectivity index (χ4v) is 3.88. The van der Waals surface area contributed by atoms with Crippen LogP contribution in [-0.2, 0) is 0 Å². The second kappa shape index (κ2) is 7.85. The molecule has 0 radical (unpaired) electrons. The van der Waals surface area contributed by atoms with Crippen molar-refractivity contribution in [3.8, 4) is 0 Å². The Labute approximate surface area is 121 Å². The van der Waals surface area contributed by atoms with Crippen molar-refractivity contribution in [2.45, 2.75) is 57.1 Å². The maximum atomic E-state index is 4.47. The van der Waals surface area contributed by atoms with E-state index in [2.05, 4.69) is 22.2 Å². The lowest BCUT2D eigenvalue weighted by atomic mass is 9.84. The zero-order valence-electron chi connectivity index (χ0n) is 12.1. The summed E-state index contributed by atoms with van der Waals surface area (Å²) in [7, 11) is 0. The zero-order valence-corrected chi connectivity index (χ0v) is 12.9. The molecule has 1 aliphatic rings. The molecule has 0 bridgehead atoms. The van der Waals surface area contributed by atoms with Crippen LogP contribution in [-0.4, -0.2) is 28.3 Å². The van der Waals surface area contributed by atoms with Crippen LogP contribution in [0.2, 0.25) is 0 Å². The highest BCUT2D eigenvalue weighted by molar-refractivity contribution is 7.99. The van der Waals surface area contributed by atoms with Gasteiger partial charge >= 0.3 is 0 Å². The molecule has 1 aliphatic carbocycles. The van der Waals surface area contributed by atoms with E-state index in [1.165, 1.54) is 32.1 Å². The van der Waals surface area contributed by atoms with Crippen molar-refractivity contribution >= 4 is 11.8 Å². The fourth-order valence-electron chi connectivity index (χ4n) is 2.82. The van der Waals surface area contributed by atoms with E-state index in [4.69, 9.17) is 0 Å². The van der Waals surface area contributed by atoms with Crippen LogP contribution in [0.5, 0.6) is 0 Å². The smallest absolute Gasteiger partial charge is 0.187 e. The van der Waals surface area contributed by atoms with E-state index in [-0.39, 0.29) is 0 Å². The molecule has 3 nitrogen and oxygen atoms in total. The number of nitrogens with one attached hydrogen (secondary N) is 1. The summed E-state index contributed by atoms with van der Waals surface area (Å²) in [5.74, 6) is 1.92. The minimum absolute atomic E-state index is 0.611. The van der Waals surface area contributed by atoms with Crippen LogP contribution in [0.15, 0.2) is 17.4 Å². The molecule has 19 heavy (non-hydrogen) atoms. The molecule has 0 aromatic carbocycles. The first kappa shape index (κ1) is 14.8. The molecule has 1 heterocycles. The van der Waals surface area contributed by atoms with E-state index in [0.29, 0.717) is 6.04 Å². The Morgan fingerprint density at radius 1 is 1.37 bits per heavy atom. The largest absolute Gasteiger partial charge is 0.313 e. The monoisotopic (exact) mass is 279 g/mol. The highest BCUT2D eigenvalue weighted by Gasteiger charge is 2.23. The van der Waals surface area contributed by atoms with Gasteiger partial charge in [-0.15, -0.1) is 0 Å². The maximum Gasteiger partial charge on any atom is 0.187 e. The van der Waals surface area contributed by atoms with Gasteiger partial charge in [0.2, 0.25) is 0 Å². The van der Waals surface area contributed by atoms with Crippen molar-refractivity contribution in [2.75, 3.05) is 12.3 Å². The molecule has 1 aromatic rings. The summed E-state index contributed by atoms with van der Waals surface area (Å²) >= 11 is 1.79. The van der Waals surface area contributed by atoms with Crippen LogP contribution >= 0.6 is 11.8 Å². The topological polar surface area (TPSA) is 37.8 Å². The molecule has 1 N–H and O–H groups in total. The third-order valence-corrected chi connectivity index (χ3v) is 4.83. The Balaban J connectivity index is 1.89. The molecule has 1 fully saturated rings. The van der Waals surface area contributed by atoms with Gasteiger partial charge in [-0.05, 0) is 38.3 Å². The van der Waals surface area contributed by atoms with Gasteiger partial charge in [0.25, 0.3) is 0 Å². The first-order valence-corrected chi connectivity index (χ1v) is 8.44. The van der Waals surface area contributed by atoms with Crippen molar-refractivity contribution in [3.63, 3.8) is 0 Å². The van der Waals surface area contributed by atoms with E-state index in [1.807, 2.05) is 19.2 Å². The minimum atomic E-state index is 0.611. The highest BCUT2D eigenvalue weighted by atomic mass is 32.2. The van der Waals surface area contributed by atoms with E-state index in [9.17, 15) is 0 Å². The fraction of sp³-hybridized carbons (Fsp3) is 0.733. The highest BCUT2D eigenvalue weighted by Crippen LogP contribution is 2.29. The Bertz CT molecular complexity index is 377. The van der Waals surface area contributed by atoms with Crippen LogP contribution in [0.1, 0.15) is 44.7 Å². The molecule has 1 unspecified atom stereocenters. The minimum Gasteiger partial charge on any atom is -0.313 e. The normalized spacial score (nSPS) is 18.4. The third-order valence-electron chi connectivity index (χ3n) is 3.85. The Kier molecular flexibility index (Phi) is 6.11. The summed E-state index contributed by atoms with van der Waals surface area (Å²) in [5.41, 5.74) is 1.05. The molecule has 4 heteroatoms. The lowest BCUT2D eigenvalue weighted by molar-refractivity contribution is 0.288. The lowest BCUT2D eigenvalue weighted by Crippen LogP contribution is -2.39. The summed E-state index contributed by atoms with van der Waals surface area (Å²) in [5, 5.41) is 4.58. The number of hydrogen-bond acceptors (Lipinski definition) is 4. The van der Waals surface area contributed by atoms with Crippen molar-refractivity contribution in [3.05, 3.63) is 18.0 Å². The van der Waals surface area contributed by atoms with Crippen LogP contribution in [0.3, 0.4) is 0 Å². The van der Waals surface area contributed by atoms with Gasteiger partial charge < -0.3 is 5.32 Å². The second-order valence-corrected chi connectivity index (χ2v) is 6.34. The van der Waals surface area contributed by atoms with Gasteiger partial charge in [0, 0.05) is 23.7 Å². The van der Waals surface area contributed by atoms with Gasteiger partial charge in [0.05, 0.1) is 0 Å². The number of aromatic nitrogens is 2. The molecule has 1 aromatic heterocycles. The first-order chi connectivity index (χ1) is 9.29. The molecule has 0 saturated heterocycles. The molecule has 0 aliphatic heterocycles. The number of aryl methyl sites for hydroxylation is 1. The zero-order chi connectivity index (χ0) is 13.5. The summed E-state index contributed by atoms with van der Waals surface area (Å²) < 4.78 is 0. The van der Waals surface area contributed by atoms with Crippen LogP contribution < -0.4 is 5.32 Å². The van der Waals surface area contributed by atoms with Crippen molar-refractivity contribution in [1.82, 2.24) is 15.3 Å². The first-order valence-electron chi connectivity index (χ1n) is 7.45. The SMILES string of the molecule is CCNC(CSc1nccc(C)n1)C1CCCCC1. The maximum absolute atomic E-state index is 4.47. The van der Waals surface area contributed by atoms with Crippen LogP contribution in [0, 0.1) is 12.8 Å². The van der Waals surface area contributed by atoms with E-state index in [0.717, 1.165) is 29.1 Å². The predicted molar refractivity (Wildman–Crippen MR) is 81.5 cm³/mol. The van der Waals surface area contributed by atoms with Crippen molar-refractivity contribution in [1.29, 1.82) is 0 Å². The number of hydrogen-bond donors (Lipinski definition) is 1. The Morgan fingerprint density at radius 3 is 2.84 bits per heavy atom. The third kappa shape index (κ3) is 4.77. The molecular weight excluding hydrogens is 254 g/mol. The summed E-state index contributed by atoms with van der Waals surface area (Å²) in [6, 6.07) is 2.56. The van der Waals surface area contributed by atoms with E-state index in [1.54, 1.807) is 11.8 Å². The molecule has 106 valence electrons. The van der Waals surface area contributed by atoms with Gasteiger partial charge in [0.1, 0.15) is 0 Å². The van der Waals surface area contributed by atoms with E-state index < -0.39 is 0 Å². The molecule has 1 atom stereocenters. The van der Waals surface area contributed by atoms with Gasteiger partial charge in [0.15, 0.2) is 5.16 Å².